The van der Waals surface area contributed by atoms with Crippen LogP contribution in [0, 0.1) is 17.0 Å². The Morgan fingerprint density at radius 3 is 2.62 bits per heavy atom. The van der Waals surface area contributed by atoms with E-state index in [1.54, 1.807) is 32.9 Å². The number of rotatable bonds is 4. The molecule has 0 fully saturated rings. The zero-order valence-electron chi connectivity index (χ0n) is 9.56. The van der Waals surface area contributed by atoms with Crippen LogP contribution in [-0.2, 0) is 0 Å². The number of ether oxygens (including phenoxy) is 1. The normalized spacial score (nSPS) is 11.2. The molecule has 0 aromatic heterocycles. The van der Waals surface area contributed by atoms with Gasteiger partial charge in [-0.25, -0.2) is 0 Å². The lowest BCUT2D eigenvalue weighted by atomic mass is 10.1. The van der Waals surface area contributed by atoms with Gasteiger partial charge in [0.15, 0.2) is 5.75 Å². The zero-order chi connectivity index (χ0) is 12.3. The van der Waals surface area contributed by atoms with E-state index >= 15 is 0 Å². The fraction of sp³-hybridized carbons (Fsp3) is 0.455. The Kier molecular flexibility index (Phi) is 3.49. The van der Waals surface area contributed by atoms with Crippen molar-refractivity contribution in [1.29, 1.82) is 0 Å². The molecule has 5 heteroatoms. The Hall–Kier alpha value is -1.62. The van der Waals surface area contributed by atoms with Crippen molar-refractivity contribution in [2.24, 2.45) is 0 Å². The average Bonchev–Trinajstić information content (AvgIpc) is 2.14. The lowest BCUT2D eigenvalue weighted by Crippen LogP contribution is -2.28. The molecule has 0 bridgehead atoms. The second-order valence-corrected chi connectivity index (χ2v) is 4.33. The molecule has 1 N–H and O–H groups in total. The highest BCUT2D eigenvalue weighted by molar-refractivity contribution is 5.48. The number of nitrogens with zero attached hydrogens (tertiary/aromatic N) is 1. The summed E-state index contributed by atoms with van der Waals surface area (Å²) in [4.78, 5) is 10.3. The predicted molar refractivity (Wildman–Crippen MR) is 59.6 cm³/mol. The molecule has 1 rings (SSSR count). The molecule has 0 aliphatic heterocycles. The first-order chi connectivity index (χ1) is 7.29. The zero-order valence-corrected chi connectivity index (χ0v) is 9.56. The SMILES string of the molecule is Cc1ccc(OCC(C)(C)O)c([N+](=O)[O-])c1. The molecule has 1 aromatic rings. The summed E-state index contributed by atoms with van der Waals surface area (Å²) in [6.45, 7) is 4.93. The van der Waals surface area contributed by atoms with E-state index in [1.807, 2.05) is 0 Å². The molecule has 0 saturated carbocycles. The first-order valence-electron chi connectivity index (χ1n) is 4.90. The third kappa shape index (κ3) is 3.51. The molecule has 0 unspecified atom stereocenters. The van der Waals surface area contributed by atoms with Crippen LogP contribution in [0.3, 0.4) is 0 Å². The highest BCUT2D eigenvalue weighted by Crippen LogP contribution is 2.28. The van der Waals surface area contributed by atoms with Crippen LogP contribution in [0.15, 0.2) is 18.2 Å². The Balaban J connectivity index is 2.91. The fourth-order valence-electron chi connectivity index (χ4n) is 1.15. The van der Waals surface area contributed by atoms with Crippen molar-refractivity contribution in [2.75, 3.05) is 6.61 Å². The first-order valence-corrected chi connectivity index (χ1v) is 4.90. The van der Waals surface area contributed by atoms with E-state index in [0.717, 1.165) is 5.56 Å². The predicted octanol–water partition coefficient (Wildman–Crippen LogP) is 2.05. The van der Waals surface area contributed by atoms with E-state index in [2.05, 4.69) is 0 Å². The van der Waals surface area contributed by atoms with Gasteiger partial charge in [0.25, 0.3) is 0 Å². The maximum absolute atomic E-state index is 10.8. The Morgan fingerprint density at radius 2 is 2.12 bits per heavy atom. The van der Waals surface area contributed by atoms with Crippen LogP contribution < -0.4 is 4.74 Å². The van der Waals surface area contributed by atoms with Crippen LogP contribution >= 0.6 is 0 Å². The van der Waals surface area contributed by atoms with Crippen LogP contribution in [0.2, 0.25) is 0 Å². The van der Waals surface area contributed by atoms with Crippen LogP contribution in [0.25, 0.3) is 0 Å². The van der Waals surface area contributed by atoms with Gasteiger partial charge in [-0.15, -0.1) is 0 Å². The Bertz CT molecular complexity index is 395. The Labute approximate surface area is 93.8 Å². The number of nitro benzene ring substituents is 1. The molecule has 0 atom stereocenters. The largest absolute Gasteiger partial charge is 0.484 e. The number of aryl methyl sites for hydroxylation is 1. The van der Waals surface area contributed by atoms with Crippen LogP contribution in [0.1, 0.15) is 19.4 Å². The van der Waals surface area contributed by atoms with E-state index in [0.29, 0.717) is 0 Å². The lowest BCUT2D eigenvalue weighted by molar-refractivity contribution is -0.386. The summed E-state index contributed by atoms with van der Waals surface area (Å²) in [5, 5.41) is 20.2. The summed E-state index contributed by atoms with van der Waals surface area (Å²) in [7, 11) is 0. The number of nitro groups is 1. The molecule has 0 heterocycles. The van der Waals surface area contributed by atoms with Gasteiger partial charge in [-0.05, 0) is 32.4 Å². The van der Waals surface area contributed by atoms with Gasteiger partial charge in [0, 0.05) is 6.07 Å². The van der Waals surface area contributed by atoms with Crippen LogP contribution in [0.4, 0.5) is 5.69 Å². The van der Waals surface area contributed by atoms with E-state index in [1.165, 1.54) is 6.07 Å². The number of benzene rings is 1. The summed E-state index contributed by atoms with van der Waals surface area (Å²) in [6.07, 6.45) is 0. The fourth-order valence-corrected chi connectivity index (χ4v) is 1.15. The minimum absolute atomic E-state index is 0.0108. The number of hydrogen-bond donors (Lipinski definition) is 1. The minimum atomic E-state index is -1.02. The molecule has 88 valence electrons. The van der Waals surface area contributed by atoms with E-state index in [-0.39, 0.29) is 18.0 Å². The van der Waals surface area contributed by atoms with Crippen LogP contribution in [0.5, 0.6) is 5.75 Å². The van der Waals surface area contributed by atoms with Crippen molar-refractivity contribution in [1.82, 2.24) is 0 Å². The highest BCUT2D eigenvalue weighted by Gasteiger charge is 2.19. The summed E-state index contributed by atoms with van der Waals surface area (Å²) in [6, 6.07) is 4.71. The third-order valence-electron chi connectivity index (χ3n) is 1.89. The van der Waals surface area contributed by atoms with Crippen molar-refractivity contribution < 1.29 is 14.8 Å². The topological polar surface area (TPSA) is 72.6 Å². The van der Waals surface area contributed by atoms with E-state index in [9.17, 15) is 15.2 Å². The van der Waals surface area contributed by atoms with Crippen molar-refractivity contribution in [3.8, 4) is 5.75 Å². The molecular formula is C11H15NO4. The standard InChI is InChI=1S/C11H15NO4/c1-8-4-5-10(9(6-8)12(14)15)16-7-11(2,3)13/h4-6,13H,7H2,1-3H3. The van der Waals surface area contributed by atoms with Gasteiger partial charge in [0.05, 0.1) is 10.5 Å². The summed E-state index contributed by atoms with van der Waals surface area (Å²) < 4.78 is 5.23. The summed E-state index contributed by atoms with van der Waals surface area (Å²) in [5.41, 5.74) is -0.301. The number of hydrogen-bond acceptors (Lipinski definition) is 4. The molecule has 16 heavy (non-hydrogen) atoms. The molecular weight excluding hydrogens is 210 g/mol. The maximum Gasteiger partial charge on any atom is 0.311 e. The van der Waals surface area contributed by atoms with Crippen molar-refractivity contribution in [2.45, 2.75) is 26.4 Å². The van der Waals surface area contributed by atoms with Crippen molar-refractivity contribution >= 4 is 5.69 Å². The first kappa shape index (κ1) is 12.4. The molecule has 0 radical (unpaired) electrons. The van der Waals surface area contributed by atoms with Crippen molar-refractivity contribution in [3.05, 3.63) is 33.9 Å². The van der Waals surface area contributed by atoms with Gasteiger partial charge < -0.3 is 9.84 Å². The number of aliphatic hydroxyl groups is 1. The quantitative estimate of drug-likeness (QED) is 0.628. The second kappa shape index (κ2) is 4.49. The molecule has 0 amide bonds. The third-order valence-corrected chi connectivity index (χ3v) is 1.89. The molecule has 0 spiro atoms. The van der Waals surface area contributed by atoms with Gasteiger partial charge >= 0.3 is 5.69 Å². The molecule has 1 aromatic carbocycles. The molecule has 0 aliphatic rings. The minimum Gasteiger partial charge on any atom is -0.484 e. The van der Waals surface area contributed by atoms with Crippen molar-refractivity contribution in [3.63, 3.8) is 0 Å². The van der Waals surface area contributed by atoms with Gasteiger partial charge in [-0.1, -0.05) is 6.07 Å². The van der Waals surface area contributed by atoms with E-state index < -0.39 is 10.5 Å². The summed E-state index contributed by atoms with van der Waals surface area (Å²) >= 11 is 0. The molecule has 5 nitrogen and oxygen atoms in total. The smallest absolute Gasteiger partial charge is 0.311 e. The van der Waals surface area contributed by atoms with Gasteiger partial charge in [-0.2, -0.15) is 0 Å². The van der Waals surface area contributed by atoms with E-state index in [4.69, 9.17) is 4.74 Å². The molecule has 0 aliphatic carbocycles. The maximum atomic E-state index is 10.8. The molecule has 0 saturated heterocycles. The average molecular weight is 225 g/mol. The van der Waals surface area contributed by atoms with Gasteiger partial charge in [-0.3, -0.25) is 10.1 Å². The summed E-state index contributed by atoms with van der Waals surface area (Å²) in [5.74, 6) is 0.178. The lowest BCUT2D eigenvalue weighted by Gasteiger charge is -2.17. The monoisotopic (exact) mass is 225 g/mol. The Morgan fingerprint density at radius 1 is 1.50 bits per heavy atom. The highest BCUT2D eigenvalue weighted by atomic mass is 16.6. The van der Waals surface area contributed by atoms with Gasteiger partial charge in [0.1, 0.15) is 6.61 Å². The van der Waals surface area contributed by atoms with Gasteiger partial charge in [0.2, 0.25) is 0 Å². The van der Waals surface area contributed by atoms with Crippen LogP contribution in [-0.4, -0.2) is 22.2 Å². The second-order valence-electron chi connectivity index (χ2n) is 4.33.